The molecular formula is C25H29N3O4. The van der Waals surface area contributed by atoms with Crippen molar-refractivity contribution < 1.29 is 18.9 Å². The van der Waals surface area contributed by atoms with Crippen LogP contribution >= 0.6 is 0 Å². The van der Waals surface area contributed by atoms with Gasteiger partial charge in [-0.3, -0.25) is 4.98 Å². The van der Waals surface area contributed by atoms with Crippen LogP contribution in [0.4, 0.5) is 0 Å². The number of aryl methyl sites for hydroxylation is 1. The number of benzene rings is 1. The number of hydrogen-bond donors (Lipinski definition) is 1. The third-order valence-corrected chi connectivity index (χ3v) is 6.18. The second kappa shape index (κ2) is 9.71. The zero-order valence-electron chi connectivity index (χ0n) is 18.4. The van der Waals surface area contributed by atoms with Crippen LogP contribution in [-0.4, -0.2) is 49.0 Å². The highest BCUT2D eigenvalue weighted by atomic mass is 16.6. The van der Waals surface area contributed by atoms with E-state index in [4.69, 9.17) is 18.9 Å². The summed E-state index contributed by atoms with van der Waals surface area (Å²) >= 11 is 0. The van der Waals surface area contributed by atoms with Crippen LogP contribution in [0.3, 0.4) is 0 Å². The van der Waals surface area contributed by atoms with Gasteiger partial charge in [-0.15, -0.1) is 0 Å². The normalized spacial score (nSPS) is 20.3. The molecule has 0 unspecified atom stereocenters. The van der Waals surface area contributed by atoms with Crippen LogP contribution in [0.2, 0.25) is 0 Å². The molecule has 7 heteroatoms. The molecule has 4 heterocycles. The smallest absolute Gasteiger partial charge is 0.257 e. The van der Waals surface area contributed by atoms with Gasteiger partial charge in [0.15, 0.2) is 5.75 Å². The Morgan fingerprint density at radius 2 is 2.03 bits per heavy atom. The lowest BCUT2D eigenvalue weighted by atomic mass is 9.97. The first-order chi connectivity index (χ1) is 15.8. The highest BCUT2D eigenvalue weighted by Crippen LogP contribution is 2.28. The van der Waals surface area contributed by atoms with E-state index in [1.807, 2.05) is 30.5 Å². The van der Waals surface area contributed by atoms with Crippen LogP contribution in [0.5, 0.6) is 17.4 Å². The van der Waals surface area contributed by atoms with Gasteiger partial charge in [-0.1, -0.05) is 0 Å². The van der Waals surface area contributed by atoms with Gasteiger partial charge in [0.1, 0.15) is 19.0 Å². The Bertz CT molecular complexity index is 1070. The Labute approximate surface area is 188 Å². The lowest BCUT2D eigenvalue weighted by molar-refractivity contribution is -0.00701. The number of pyridine rings is 2. The van der Waals surface area contributed by atoms with Crippen molar-refractivity contribution in [2.45, 2.75) is 44.4 Å². The standard InChI is InChI=1S/C25H29N3O4/c1-29-21-7-8-23-22(14-21)17(10-11-26-23)2-5-20-6-3-19(16-32-20)27-15-18-4-9-24-25(28-18)31-13-12-30-24/h4,7-11,14,19-20,27H,2-3,5-6,12-13,15-16H2,1H3/t19-,20+/m1/s1. The first kappa shape index (κ1) is 21.0. The van der Waals surface area contributed by atoms with Crippen molar-refractivity contribution in [3.8, 4) is 17.4 Å². The fourth-order valence-corrected chi connectivity index (χ4v) is 4.35. The van der Waals surface area contributed by atoms with Crippen molar-refractivity contribution in [2.75, 3.05) is 26.9 Å². The van der Waals surface area contributed by atoms with Crippen LogP contribution in [0.25, 0.3) is 10.9 Å². The van der Waals surface area contributed by atoms with Gasteiger partial charge in [-0.2, -0.15) is 0 Å². The average Bonchev–Trinajstić information content (AvgIpc) is 2.86. The van der Waals surface area contributed by atoms with Gasteiger partial charge in [0, 0.05) is 24.2 Å². The Balaban J connectivity index is 1.10. The molecule has 2 atom stereocenters. The second-order valence-corrected chi connectivity index (χ2v) is 8.31. The van der Waals surface area contributed by atoms with Gasteiger partial charge in [0.25, 0.3) is 5.88 Å². The number of nitrogens with one attached hydrogen (secondary N) is 1. The summed E-state index contributed by atoms with van der Waals surface area (Å²) in [5, 5.41) is 4.73. The van der Waals surface area contributed by atoms with Gasteiger partial charge in [0.05, 0.1) is 31.0 Å². The lowest BCUT2D eigenvalue weighted by Crippen LogP contribution is -2.39. The predicted molar refractivity (Wildman–Crippen MR) is 121 cm³/mol. The van der Waals surface area contributed by atoms with Crippen molar-refractivity contribution in [3.05, 3.63) is 53.9 Å². The summed E-state index contributed by atoms with van der Waals surface area (Å²) in [6.07, 6.45) is 6.30. The highest BCUT2D eigenvalue weighted by Gasteiger charge is 2.22. The molecule has 1 aromatic carbocycles. The fourth-order valence-electron chi connectivity index (χ4n) is 4.35. The summed E-state index contributed by atoms with van der Waals surface area (Å²) in [6, 6.07) is 12.4. The molecule has 2 aromatic heterocycles. The molecule has 0 radical (unpaired) electrons. The Hall–Kier alpha value is -2.90. The zero-order chi connectivity index (χ0) is 21.8. The number of hydrogen-bond acceptors (Lipinski definition) is 7. The summed E-state index contributed by atoms with van der Waals surface area (Å²) in [5.41, 5.74) is 3.25. The Kier molecular flexibility index (Phi) is 6.36. The molecule has 32 heavy (non-hydrogen) atoms. The molecule has 5 rings (SSSR count). The van der Waals surface area contributed by atoms with Crippen LogP contribution in [-0.2, 0) is 17.7 Å². The summed E-state index contributed by atoms with van der Waals surface area (Å²) in [5.74, 6) is 2.18. The lowest BCUT2D eigenvalue weighted by Gasteiger charge is -2.30. The molecule has 1 N–H and O–H groups in total. The first-order valence-corrected chi connectivity index (χ1v) is 11.3. The quantitative estimate of drug-likeness (QED) is 0.607. The van der Waals surface area contributed by atoms with Crippen LogP contribution in [0.15, 0.2) is 42.6 Å². The molecule has 1 fully saturated rings. The topological polar surface area (TPSA) is 74.7 Å². The SMILES string of the molecule is COc1ccc2nccc(CC[C@H]3CC[C@@H](NCc4ccc5c(n4)OCCO5)CO3)c2c1. The fraction of sp³-hybridized carbons (Fsp3) is 0.440. The van der Waals surface area contributed by atoms with Crippen LogP contribution in [0, 0.1) is 0 Å². The van der Waals surface area contributed by atoms with Crippen molar-refractivity contribution in [3.63, 3.8) is 0 Å². The molecule has 168 valence electrons. The average molecular weight is 436 g/mol. The van der Waals surface area contributed by atoms with E-state index in [1.54, 1.807) is 7.11 Å². The number of aromatic nitrogens is 2. The van der Waals surface area contributed by atoms with Gasteiger partial charge < -0.3 is 24.3 Å². The van der Waals surface area contributed by atoms with Crippen molar-refractivity contribution in [1.82, 2.24) is 15.3 Å². The summed E-state index contributed by atoms with van der Waals surface area (Å²) < 4.78 is 22.7. The summed E-state index contributed by atoms with van der Waals surface area (Å²) in [4.78, 5) is 9.02. The molecule has 0 spiro atoms. The number of methoxy groups -OCH3 is 1. The van der Waals surface area contributed by atoms with E-state index in [0.29, 0.717) is 31.7 Å². The van der Waals surface area contributed by atoms with E-state index < -0.39 is 0 Å². The maximum absolute atomic E-state index is 6.18. The van der Waals surface area contributed by atoms with Crippen molar-refractivity contribution in [2.24, 2.45) is 0 Å². The van der Waals surface area contributed by atoms with E-state index in [2.05, 4.69) is 27.4 Å². The van der Waals surface area contributed by atoms with E-state index >= 15 is 0 Å². The van der Waals surface area contributed by atoms with E-state index in [0.717, 1.165) is 60.4 Å². The molecule has 1 saturated heterocycles. The van der Waals surface area contributed by atoms with Gasteiger partial charge in [-0.05, 0) is 67.6 Å². The van der Waals surface area contributed by atoms with Crippen molar-refractivity contribution in [1.29, 1.82) is 0 Å². The van der Waals surface area contributed by atoms with Crippen LogP contribution in [0.1, 0.15) is 30.5 Å². The van der Waals surface area contributed by atoms with Gasteiger partial charge in [0.2, 0.25) is 0 Å². The minimum absolute atomic E-state index is 0.286. The second-order valence-electron chi connectivity index (χ2n) is 8.31. The maximum atomic E-state index is 6.18. The molecule has 0 aliphatic carbocycles. The number of fused-ring (bicyclic) bond motifs is 2. The number of ether oxygens (including phenoxy) is 4. The zero-order valence-corrected chi connectivity index (χ0v) is 18.4. The van der Waals surface area contributed by atoms with Gasteiger partial charge >= 0.3 is 0 Å². The third kappa shape index (κ3) is 4.79. The summed E-state index contributed by atoms with van der Waals surface area (Å²) in [6.45, 7) is 2.55. The molecule has 0 saturated carbocycles. The van der Waals surface area contributed by atoms with E-state index in [9.17, 15) is 0 Å². The number of nitrogens with zero attached hydrogens (tertiary/aromatic N) is 2. The maximum Gasteiger partial charge on any atom is 0.257 e. The molecule has 7 nitrogen and oxygen atoms in total. The monoisotopic (exact) mass is 435 g/mol. The Morgan fingerprint density at radius 3 is 2.91 bits per heavy atom. The molecule has 0 bridgehead atoms. The minimum atomic E-state index is 0.286. The molecule has 2 aliphatic heterocycles. The van der Waals surface area contributed by atoms with Crippen molar-refractivity contribution >= 4 is 10.9 Å². The minimum Gasteiger partial charge on any atom is -0.497 e. The largest absolute Gasteiger partial charge is 0.497 e. The predicted octanol–water partition coefficient (Wildman–Crippen LogP) is 3.68. The Morgan fingerprint density at radius 1 is 1.09 bits per heavy atom. The molecule has 3 aromatic rings. The highest BCUT2D eigenvalue weighted by molar-refractivity contribution is 5.83. The molecule has 2 aliphatic rings. The van der Waals surface area contributed by atoms with Crippen LogP contribution < -0.4 is 19.5 Å². The van der Waals surface area contributed by atoms with Gasteiger partial charge in [-0.25, -0.2) is 4.98 Å². The molecular weight excluding hydrogens is 406 g/mol. The van der Waals surface area contributed by atoms with E-state index in [1.165, 1.54) is 5.56 Å². The van der Waals surface area contributed by atoms with E-state index in [-0.39, 0.29) is 6.10 Å². The molecule has 0 amide bonds. The number of rotatable bonds is 7. The third-order valence-electron chi connectivity index (χ3n) is 6.18. The first-order valence-electron chi connectivity index (χ1n) is 11.3. The summed E-state index contributed by atoms with van der Waals surface area (Å²) in [7, 11) is 1.70.